The van der Waals surface area contributed by atoms with Crippen LogP contribution in [0.15, 0.2) is 22.7 Å². The molecule has 6 heteroatoms. The molecule has 0 N–H and O–H groups in total. The second kappa shape index (κ2) is 5.03. The van der Waals surface area contributed by atoms with E-state index in [1.54, 1.807) is 26.0 Å². The van der Waals surface area contributed by atoms with Gasteiger partial charge in [0.05, 0.1) is 0 Å². The van der Waals surface area contributed by atoms with Gasteiger partial charge in [-0.25, -0.2) is 10.0 Å². The van der Waals surface area contributed by atoms with Gasteiger partial charge in [-0.3, -0.25) is 9.59 Å². The number of carbonyl (C=O) groups is 2. The van der Waals surface area contributed by atoms with Crippen LogP contribution in [0.1, 0.15) is 29.6 Å². The van der Waals surface area contributed by atoms with Crippen molar-refractivity contribution in [1.82, 2.24) is 15.2 Å². The van der Waals surface area contributed by atoms with Crippen molar-refractivity contribution in [2.24, 2.45) is 0 Å². The Kier molecular flexibility index (Phi) is 3.45. The average Bonchev–Trinajstić information content (AvgIpc) is 2.96. The molecular weight excluding hydrogens is 234 g/mol. The lowest BCUT2D eigenvalue weighted by Crippen LogP contribution is -2.44. The van der Waals surface area contributed by atoms with Gasteiger partial charge in [0.15, 0.2) is 5.69 Å². The largest absolute Gasteiger partial charge is 0.361 e. The second-order valence-electron chi connectivity index (χ2n) is 4.07. The molecular formula is C12H15N3O3. The highest BCUT2D eigenvalue weighted by atomic mass is 16.5. The van der Waals surface area contributed by atoms with Gasteiger partial charge >= 0.3 is 0 Å². The minimum Gasteiger partial charge on any atom is -0.361 e. The maximum Gasteiger partial charge on any atom is 0.294 e. The topological polar surface area (TPSA) is 66.7 Å². The fourth-order valence-electron chi connectivity index (χ4n) is 1.88. The standard InChI is InChI=1S/C12H15N3O3/c1-3-5-11(16)14-6-4-7-15(14)12(17)10-8-9(2)18-13-10/h3,5,8H,4,6-7H2,1-2H3. The normalized spacial score (nSPS) is 15.7. The smallest absolute Gasteiger partial charge is 0.294 e. The predicted octanol–water partition coefficient (Wildman–Crippen LogP) is 1.15. The molecule has 2 heterocycles. The van der Waals surface area contributed by atoms with Gasteiger partial charge in [-0.2, -0.15) is 0 Å². The molecule has 1 aromatic rings. The number of rotatable bonds is 2. The van der Waals surface area contributed by atoms with E-state index < -0.39 is 0 Å². The Morgan fingerprint density at radius 3 is 2.72 bits per heavy atom. The van der Waals surface area contributed by atoms with Crippen LogP contribution in [0.4, 0.5) is 0 Å². The molecule has 96 valence electrons. The van der Waals surface area contributed by atoms with E-state index in [2.05, 4.69) is 5.16 Å². The summed E-state index contributed by atoms with van der Waals surface area (Å²) in [5, 5.41) is 6.53. The van der Waals surface area contributed by atoms with E-state index in [1.165, 1.54) is 16.1 Å². The fourth-order valence-corrected chi connectivity index (χ4v) is 1.88. The summed E-state index contributed by atoms with van der Waals surface area (Å²) in [4.78, 5) is 24.0. The Bertz CT molecular complexity index is 493. The summed E-state index contributed by atoms with van der Waals surface area (Å²) >= 11 is 0. The van der Waals surface area contributed by atoms with Crippen LogP contribution in [-0.4, -0.2) is 40.1 Å². The summed E-state index contributed by atoms with van der Waals surface area (Å²) in [5.41, 5.74) is 0.229. The van der Waals surface area contributed by atoms with Gasteiger partial charge in [-0.15, -0.1) is 0 Å². The Hall–Kier alpha value is -2.11. The van der Waals surface area contributed by atoms with Gasteiger partial charge in [-0.1, -0.05) is 11.2 Å². The minimum atomic E-state index is -0.304. The summed E-state index contributed by atoms with van der Waals surface area (Å²) in [5.74, 6) is 0.0784. The second-order valence-corrected chi connectivity index (χ2v) is 4.07. The number of allylic oxidation sites excluding steroid dienone is 1. The molecule has 0 spiro atoms. The molecule has 0 saturated carbocycles. The van der Waals surface area contributed by atoms with Crippen molar-refractivity contribution in [3.05, 3.63) is 29.7 Å². The lowest BCUT2D eigenvalue weighted by molar-refractivity contribution is -0.135. The highest BCUT2D eigenvalue weighted by molar-refractivity contribution is 5.95. The first-order valence-electron chi connectivity index (χ1n) is 5.82. The Labute approximate surface area is 105 Å². The van der Waals surface area contributed by atoms with Gasteiger partial charge in [0, 0.05) is 25.2 Å². The van der Waals surface area contributed by atoms with E-state index in [9.17, 15) is 9.59 Å². The Balaban J connectivity index is 2.16. The molecule has 18 heavy (non-hydrogen) atoms. The molecule has 6 nitrogen and oxygen atoms in total. The monoisotopic (exact) mass is 249 g/mol. The van der Waals surface area contributed by atoms with Crippen molar-refractivity contribution in [1.29, 1.82) is 0 Å². The molecule has 1 saturated heterocycles. The highest BCUT2D eigenvalue weighted by Gasteiger charge is 2.31. The minimum absolute atomic E-state index is 0.191. The SMILES string of the molecule is CC=CC(=O)N1CCCN1C(=O)c1cc(C)on1. The van der Waals surface area contributed by atoms with Crippen LogP contribution < -0.4 is 0 Å². The van der Waals surface area contributed by atoms with Crippen molar-refractivity contribution in [2.45, 2.75) is 20.3 Å². The average molecular weight is 249 g/mol. The van der Waals surface area contributed by atoms with Crippen molar-refractivity contribution in [3.63, 3.8) is 0 Å². The van der Waals surface area contributed by atoms with E-state index in [0.29, 0.717) is 18.8 Å². The lowest BCUT2D eigenvalue weighted by atomic mass is 10.3. The first-order valence-corrected chi connectivity index (χ1v) is 5.82. The highest BCUT2D eigenvalue weighted by Crippen LogP contribution is 2.15. The van der Waals surface area contributed by atoms with Crippen molar-refractivity contribution in [3.8, 4) is 0 Å². The van der Waals surface area contributed by atoms with Gasteiger partial charge in [0.25, 0.3) is 11.8 Å². The number of aryl methyl sites for hydroxylation is 1. The van der Waals surface area contributed by atoms with Crippen molar-refractivity contribution < 1.29 is 14.1 Å². The molecule has 2 rings (SSSR count). The van der Waals surface area contributed by atoms with Crippen molar-refractivity contribution >= 4 is 11.8 Å². The van der Waals surface area contributed by atoms with Crippen LogP contribution >= 0.6 is 0 Å². The number of hydrazine groups is 1. The van der Waals surface area contributed by atoms with E-state index in [1.807, 2.05) is 0 Å². The number of aromatic nitrogens is 1. The van der Waals surface area contributed by atoms with Crippen LogP contribution in [0.5, 0.6) is 0 Å². The van der Waals surface area contributed by atoms with Gasteiger partial charge in [0.1, 0.15) is 5.76 Å². The molecule has 0 aliphatic carbocycles. The molecule has 2 amide bonds. The molecule has 0 bridgehead atoms. The van der Waals surface area contributed by atoms with Crippen molar-refractivity contribution in [2.75, 3.05) is 13.1 Å². The summed E-state index contributed by atoms with van der Waals surface area (Å²) in [6, 6.07) is 1.57. The third-order valence-electron chi connectivity index (χ3n) is 2.68. The number of hydrogen-bond acceptors (Lipinski definition) is 4. The third-order valence-corrected chi connectivity index (χ3v) is 2.68. The maximum absolute atomic E-state index is 12.2. The van der Waals surface area contributed by atoms with Gasteiger partial charge < -0.3 is 4.52 Å². The van der Waals surface area contributed by atoms with Crippen LogP contribution in [0.25, 0.3) is 0 Å². The Morgan fingerprint density at radius 2 is 2.11 bits per heavy atom. The molecule has 1 aliphatic heterocycles. The molecule has 0 unspecified atom stereocenters. The van der Waals surface area contributed by atoms with E-state index in [-0.39, 0.29) is 17.5 Å². The van der Waals surface area contributed by atoms with Crippen LogP contribution in [-0.2, 0) is 4.79 Å². The number of amides is 2. The molecule has 1 aromatic heterocycles. The summed E-state index contributed by atoms with van der Waals surface area (Å²) in [7, 11) is 0. The van der Waals surface area contributed by atoms with Crippen LogP contribution in [0.2, 0.25) is 0 Å². The van der Waals surface area contributed by atoms with E-state index in [0.717, 1.165) is 6.42 Å². The lowest BCUT2D eigenvalue weighted by Gasteiger charge is -2.25. The zero-order valence-electron chi connectivity index (χ0n) is 10.4. The first-order chi connectivity index (χ1) is 8.63. The zero-order valence-corrected chi connectivity index (χ0v) is 10.4. The third kappa shape index (κ3) is 2.27. The summed E-state index contributed by atoms with van der Waals surface area (Å²) < 4.78 is 4.87. The summed E-state index contributed by atoms with van der Waals surface area (Å²) in [6.45, 7) is 4.55. The number of nitrogens with zero attached hydrogens (tertiary/aromatic N) is 3. The van der Waals surface area contributed by atoms with E-state index in [4.69, 9.17) is 4.52 Å². The van der Waals surface area contributed by atoms with E-state index >= 15 is 0 Å². The fraction of sp³-hybridized carbons (Fsp3) is 0.417. The molecule has 0 aromatic carbocycles. The zero-order chi connectivity index (χ0) is 13.1. The predicted molar refractivity (Wildman–Crippen MR) is 63.4 cm³/mol. The quantitative estimate of drug-likeness (QED) is 0.737. The summed E-state index contributed by atoms with van der Waals surface area (Å²) in [6.07, 6.45) is 3.87. The maximum atomic E-state index is 12.2. The first kappa shape index (κ1) is 12.3. The van der Waals surface area contributed by atoms with Gasteiger partial charge in [-0.05, 0) is 20.3 Å². The van der Waals surface area contributed by atoms with Crippen LogP contribution in [0, 0.1) is 6.92 Å². The number of hydrogen-bond donors (Lipinski definition) is 0. The number of carbonyl (C=O) groups excluding carboxylic acids is 2. The Morgan fingerprint density at radius 1 is 1.39 bits per heavy atom. The molecule has 1 fully saturated rings. The van der Waals surface area contributed by atoms with Crippen LogP contribution in [0.3, 0.4) is 0 Å². The van der Waals surface area contributed by atoms with Gasteiger partial charge in [0.2, 0.25) is 0 Å². The molecule has 0 atom stereocenters. The molecule has 1 aliphatic rings. The molecule has 0 radical (unpaired) electrons.